The van der Waals surface area contributed by atoms with Crippen LogP contribution in [-0.2, 0) is 9.59 Å². The monoisotopic (exact) mass is 437 g/mol. The number of nitrogens with zero attached hydrogens (tertiary/aromatic N) is 3. The summed E-state index contributed by atoms with van der Waals surface area (Å²) in [5, 5.41) is 27.6. The number of β-lactam (4-membered cyclic amide) rings is 1. The van der Waals surface area contributed by atoms with E-state index < -0.39 is 18.0 Å². The zero-order valence-electron chi connectivity index (χ0n) is 17.5. The van der Waals surface area contributed by atoms with Crippen LogP contribution in [0.1, 0.15) is 26.7 Å². The van der Waals surface area contributed by atoms with Gasteiger partial charge in [-0.3, -0.25) is 10.2 Å². The Morgan fingerprint density at radius 3 is 2.67 bits per heavy atom. The van der Waals surface area contributed by atoms with Gasteiger partial charge in [-0.1, -0.05) is 6.92 Å². The molecular formula is C20H31N5O4S. The highest BCUT2D eigenvalue weighted by Crippen LogP contribution is 2.51. The molecule has 1 amide bonds. The maximum atomic E-state index is 12.5. The number of nitrogens with two attached hydrogens (primary N) is 1. The van der Waals surface area contributed by atoms with Crippen LogP contribution in [0.15, 0.2) is 10.6 Å². The van der Waals surface area contributed by atoms with Crippen LogP contribution in [0.25, 0.3) is 0 Å². The topological polar surface area (TPSA) is 134 Å². The van der Waals surface area contributed by atoms with Gasteiger partial charge in [0.1, 0.15) is 5.70 Å². The summed E-state index contributed by atoms with van der Waals surface area (Å²) < 4.78 is 0. The number of aliphatic carboxylic acids is 1. The van der Waals surface area contributed by atoms with Gasteiger partial charge in [-0.2, -0.15) is 0 Å². The number of guanidine groups is 1. The number of thioether (sulfide) groups is 1. The van der Waals surface area contributed by atoms with Crippen molar-refractivity contribution in [3.8, 4) is 0 Å². The smallest absolute Gasteiger partial charge is 0.353 e. The van der Waals surface area contributed by atoms with Crippen LogP contribution in [0.2, 0.25) is 0 Å². The Hall–Kier alpha value is -1.78. The Kier molecular flexibility index (Phi) is 5.75. The zero-order valence-corrected chi connectivity index (χ0v) is 18.3. The van der Waals surface area contributed by atoms with Gasteiger partial charge >= 0.3 is 5.97 Å². The van der Waals surface area contributed by atoms with Crippen molar-refractivity contribution in [1.82, 2.24) is 14.7 Å². The molecule has 0 unspecified atom stereocenters. The molecule has 0 aromatic carbocycles. The number of nitrogens with one attached hydrogen (secondary N) is 1. The molecule has 0 aliphatic carbocycles. The molecule has 10 heteroatoms. The predicted molar refractivity (Wildman–Crippen MR) is 114 cm³/mol. The fourth-order valence-corrected chi connectivity index (χ4v) is 7.00. The lowest BCUT2D eigenvalue weighted by Gasteiger charge is -2.46. The molecule has 0 aromatic heterocycles. The molecule has 0 spiro atoms. The van der Waals surface area contributed by atoms with Gasteiger partial charge in [-0.05, 0) is 32.2 Å². The first kappa shape index (κ1) is 21.5. The predicted octanol–water partition coefficient (Wildman–Crippen LogP) is 0.163. The molecule has 6 atom stereocenters. The number of carbonyl (C=O) groups excluding carboxylic acids is 1. The molecular weight excluding hydrogens is 406 g/mol. The summed E-state index contributed by atoms with van der Waals surface area (Å²) in [6.45, 7) is 8.08. The molecule has 0 radical (unpaired) electrons. The number of carboxylic acids is 1. The number of aliphatic hydroxyl groups is 1. The summed E-state index contributed by atoms with van der Waals surface area (Å²) in [4.78, 5) is 30.9. The van der Waals surface area contributed by atoms with Crippen molar-refractivity contribution in [1.29, 1.82) is 5.41 Å². The van der Waals surface area contributed by atoms with Crippen molar-refractivity contribution in [2.75, 3.05) is 32.7 Å². The molecule has 3 fully saturated rings. The van der Waals surface area contributed by atoms with Crippen LogP contribution < -0.4 is 5.73 Å². The number of hydrogen-bond acceptors (Lipinski definition) is 6. The first-order chi connectivity index (χ1) is 14.2. The highest BCUT2D eigenvalue weighted by atomic mass is 32.2. The summed E-state index contributed by atoms with van der Waals surface area (Å²) in [5.41, 5.74) is 5.71. The minimum atomic E-state index is -1.06. The van der Waals surface area contributed by atoms with Gasteiger partial charge in [0, 0.05) is 42.3 Å². The first-order valence-corrected chi connectivity index (χ1v) is 11.5. The second-order valence-corrected chi connectivity index (χ2v) is 10.4. The summed E-state index contributed by atoms with van der Waals surface area (Å²) in [6.07, 6.45) is 1.25. The molecule has 4 aliphatic rings. The minimum absolute atomic E-state index is 0.0774. The molecule has 30 heavy (non-hydrogen) atoms. The van der Waals surface area contributed by atoms with Crippen LogP contribution in [0, 0.1) is 23.2 Å². The van der Waals surface area contributed by atoms with Gasteiger partial charge in [0.2, 0.25) is 5.91 Å². The van der Waals surface area contributed by atoms with Crippen LogP contribution in [0.4, 0.5) is 0 Å². The van der Waals surface area contributed by atoms with E-state index in [2.05, 4.69) is 4.90 Å². The lowest BCUT2D eigenvalue weighted by Crippen LogP contribution is -2.63. The van der Waals surface area contributed by atoms with Crippen LogP contribution in [-0.4, -0.2) is 92.9 Å². The molecule has 0 bridgehead atoms. The number of carbonyl (C=O) groups is 2. The van der Waals surface area contributed by atoms with E-state index in [0.717, 1.165) is 50.5 Å². The van der Waals surface area contributed by atoms with E-state index in [1.165, 1.54) is 4.90 Å². The Morgan fingerprint density at radius 1 is 1.33 bits per heavy atom. The molecule has 4 heterocycles. The number of amides is 1. The molecule has 166 valence electrons. The Labute approximate surface area is 180 Å². The maximum absolute atomic E-state index is 12.5. The van der Waals surface area contributed by atoms with E-state index >= 15 is 0 Å². The van der Waals surface area contributed by atoms with Gasteiger partial charge in [-0.15, -0.1) is 11.8 Å². The summed E-state index contributed by atoms with van der Waals surface area (Å²) in [6, 6.07) is -0.250. The van der Waals surface area contributed by atoms with Crippen molar-refractivity contribution in [3.05, 3.63) is 10.6 Å². The number of rotatable bonds is 6. The fraction of sp³-hybridized carbons (Fsp3) is 0.750. The minimum Gasteiger partial charge on any atom is -0.477 e. The van der Waals surface area contributed by atoms with Gasteiger partial charge < -0.3 is 30.6 Å². The average molecular weight is 438 g/mol. The highest BCUT2D eigenvalue weighted by molar-refractivity contribution is 8.03. The third kappa shape index (κ3) is 3.58. The van der Waals surface area contributed by atoms with Gasteiger partial charge in [-0.25, -0.2) is 4.79 Å². The normalized spacial score (nSPS) is 35.0. The van der Waals surface area contributed by atoms with E-state index in [4.69, 9.17) is 11.1 Å². The second-order valence-electron chi connectivity index (χ2n) is 9.05. The Bertz CT molecular complexity index is 787. The third-order valence-electron chi connectivity index (χ3n) is 6.98. The lowest BCUT2D eigenvalue weighted by atomic mass is 9.79. The second kappa shape index (κ2) is 8.05. The van der Waals surface area contributed by atoms with Gasteiger partial charge in [0.15, 0.2) is 5.96 Å². The van der Waals surface area contributed by atoms with Crippen LogP contribution >= 0.6 is 11.8 Å². The van der Waals surface area contributed by atoms with Crippen LogP contribution in [0.3, 0.4) is 0 Å². The first-order valence-electron chi connectivity index (χ1n) is 10.7. The van der Waals surface area contributed by atoms with Crippen molar-refractivity contribution < 1.29 is 19.8 Å². The number of hydrogen-bond donors (Lipinski definition) is 4. The summed E-state index contributed by atoms with van der Waals surface area (Å²) >= 11 is 1.61. The van der Waals surface area contributed by atoms with Crippen molar-refractivity contribution in [2.45, 2.75) is 44.1 Å². The Morgan fingerprint density at radius 2 is 2.07 bits per heavy atom. The molecule has 9 nitrogen and oxygen atoms in total. The van der Waals surface area contributed by atoms with E-state index in [1.54, 1.807) is 18.7 Å². The summed E-state index contributed by atoms with van der Waals surface area (Å²) in [7, 11) is 0. The molecule has 5 N–H and O–H groups in total. The van der Waals surface area contributed by atoms with E-state index in [9.17, 15) is 19.8 Å². The van der Waals surface area contributed by atoms with E-state index in [1.807, 2.05) is 11.8 Å². The van der Waals surface area contributed by atoms with Crippen molar-refractivity contribution in [3.63, 3.8) is 0 Å². The summed E-state index contributed by atoms with van der Waals surface area (Å²) in [5.74, 6) is -1.28. The van der Waals surface area contributed by atoms with E-state index in [-0.39, 0.29) is 29.5 Å². The molecule has 0 aromatic rings. The lowest BCUT2D eigenvalue weighted by molar-refractivity contribution is -0.163. The molecule has 3 saturated heterocycles. The largest absolute Gasteiger partial charge is 0.477 e. The molecule has 4 rings (SSSR count). The SMILES string of the molecule is C[C@@H](O)[C@H]1C(=O)N2C(C(=O)O)=C(S[C@@H]3CCN(C[C@H]4CCN(C(=N)N)C4)C3)[C@H](C)[C@H]12. The standard InChI is InChI=1S/C20H31N5O4S/c1-10-15-14(11(2)26)18(27)25(15)16(19(28)29)17(10)30-13-4-5-23(9-13)7-12-3-6-24(8-12)20(21)22/h10-15,26H,3-9H2,1-2H3,(H3,21,22)(H,28,29)/t10-,11-,12-,13-,14-,15-/m1/s1. The number of carboxylic acid groups (broad SMARTS) is 1. The quantitative estimate of drug-likeness (QED) is 0.262. The average Bonchev–Trinajstić information content (AvgIpc) is 3.35. The Balaban J connectivity index is 1.39. The van der Waals surface area contributed by atoms with Gasteiger partial charge in [0.25, 0.3) is 0 Å². The zero-order chi connectivity index (χ0) is 21.7. The van der Waals surface area contributed by atoms with E-state index in [0.29, 0.717) is 11.2 Å². The maximum Gasteiger partial charge on any atom is 0.353 e. The third-order valence-corrected chi connectivity index (χ3v) is 8.51. The number of aliphatic hydroxyl groups excluding tert-OH is 1. The number of fused-ring (bicyclic) bond motifs is 1. The highest BCUT2D eigenvalue weighted by Gasteiger charge is 2.60. The fourth-order valence-electron chi connectivity index (χ4n) is 5.48. The molecule has 4 aliphatic heterocycles. The van der Waals surface area contributed by atoms with Gasteiger partial charge in [0.05, 0.1) is 18.1 Å². The molecule has 0 saturated carbocycles. The van der Waals surface area contributed by atoms with Crippen LogP contribution in [0.5, 0.6) is 0 Å². The van der Waals surface area contributed by atoms with Crippen molar-refractivity contribution >= 4 is 29.6 Å². The number of likely N-dealkylation sites (tertiary alicyclic amines) is 2. The van der Waals surface area contributed by atoms with Crippen molar-refractivity contribution in [2.24, 2.45) is 23.5 Å².